The molecule has 18 heavy (non-hydrogen) atoms. The molecule has 4 heteroatoms. The molecule has 0 spiro atoms. The summed E-state index contributed by atoms with van der Waals surface area (Å²) in [6.45, 7) is 5.33. The molecule has 2 nitrogen and oxygen atoms in total. The summed E-state index contributed by atoms with van der Waals surface area (Å²) < 4.78 is 14.5. The van der Waals surface area contributed by atoms with Crippen LogP contribution in [-0.2, 0) is 6.42 Å². The van der Waals surface area contributed by atoms with Crippen molar-refractivity contribution in [3.8, 4) is 0 Å². The van der Waals surface area contributed by atoms with E-state index in [9.17, 15) is 9.50 Å². The van der Waals surface area contributed by atoms with E-state index in [1.807, 2.05) is 25.1 Å². The Labute approximate surface area is 117 Å². The zero-order valence-corrected chi connectivity index (χ0v) is 12.7. The molecule has 0 radical (unpaired) electrons. The molecular formula is C14H21BrFNO. The minimum Gasteiger partial charge on any atom is -0.395 e. The lowest BCUT2D eigenvalue weighted by Gasteiger charge is -2.22. The van der Waals surface area contributed by atoms with E-state index in [-0.39, 0.29) is 19.2 Å². The second kappa shape index (κ2) is 6.64. The summed E-state index contributed by atoms with van der Waals surface area (Å²) in [7, 11) is 0. The molecule has 0 heterocycles. The lowest BCUT2D eigenvalue weighted by atomic mass is 10.0. The van der Waals surface area contributed by atoms with Crippen molar-refractivity contribution in [3.63, 3.8) is 0 Å². The van der Waals surface area contributed by atoms with Gasteiger partial charge in [0.15, 0.2) is 0 Å². The van der Waals surface area contributed by atoms with Gasteiger partial charge in [0.25, 0.3) is 0 Å². The SMILES string of the molecule is Cc1c(Br)cccc1C[C@@H](CO)NCC(C)(C)F. The van der Waals surface area contributed by atoms with E-state index in [0.29, 0.717) is 6.42 Å². The Kier molecular flexibility index (Phi) is 5.76. The van der Waals surface area contributed by atoms with E-state index < -0.39 is 5.67 Å². The van der Waals surface area contributed by atoms with Gasteiger partial charge in [0, 0.05) is 17.1 Å². The van der Waals surface area contributed by atoms with Gasteiger partial charge < -0.3 is 10.4 Å². The minimum absolute atomic E-state index is 0.00202. The van der Waals surface area contributed by atoms with Gasteiger partial charge in [-0.25, -0.2) is 4.39 Å². The molecule has 0 saturated heterocycles. The van der Waals surface area contributed by atoms with Gasteiger partial charge >= 0.3 is 0 Å². The molecule has 0 amide bonds. The van der Waals surface area contributed by atoms with Crippen molar-refractivity contribution < 1.29 is 9.50 Å². The van der Waals surface area contributed by atoms with Crippen molar-refractivity contribution in [1.82, 2.24) is 5.32 Å². The molecule has 2 N–H and O–H groups in total. The van der Waals surface area contributed by atoms with Crippen molar-refractivity contribution in [2.24, 2.45) is 0 Å². The number of hydrogen-bond acceptors (Lipinski definition) is 2. The molecule has 1 aromatic carbocycles. The van der Waals surface area contributed by atoms with Crippen LogP contribution in [0.1, 0.15) is 25.0 Å². The fourth-order valence-corrected chi connectivity index (χ4v) is 2.13. The van der Waals surface area contributed by atoms with E-state index >= 15 is 0 Å². The summed E-state index contributed by atoms with van der Waals surface area (Å²) in [5.41, 5.74) is 1.06. The van der Waals surface area contributed by atoms with Crippen LogP contribution in [0.3, 0.4) is 0 Å². The highest BCUT2D eigenvalue weighted by atomic mass is 79.9. The fourth-order valence-electron chi connectivity index (χ4n) is 1.73. The van der Waals surface area contributed by atoms with Crippen molar-refractivity contribution >= 4 is 15.9 Å². The van der Waals surface area contributed by atoms with Crippen LogP contribution in [0.4, 0.5) is 4.39 Å². The molecule has 0 aliphatic carbocycles. The Balaban J connectivity index is 2.65. The van der Waals surface area contributed by atoms with Crippen LogP contribution in [0.2, 0.25) is 0 Å². The molecule has 0 aromatic heterocycles. The first-order chi connectivity index (χ1) is 8.33. The first-order valence-corrected chi connectivity index (χ1v) is 6.90. The molecule has 0 aliphatic rings. The predicted molar refractivity (Wildman–Crippen MR) is 76.6 cm³/mol. The third-order valence-electron chi connectivity index (χ3n) is 2.88. The van der Waals surface area contributed by atoms with E-state index in [4.69, 9.17) is 0 Å². The summed E-state index contributed by atoms with van der Waals surface area (Å²) in [5.74, 6) is 0. The maximum atomic E-state index is 13.4. The van der Waals surface area contributed by atoms with Crippen LogP contribution < -0.4 is 5.32 Å². The van der Waals surface area contributed by atoms with Gasteiger partial charge in [0.2, 0.25) is 0 Å². The predicted octanol–water partition coefficient (Wildman–Crippen LogP) is 3.00. The van der Waals surface area contributed by atoms with Gasteiger partial charge in [0.05, 0.1) is 6.61 Å². The zero-order chi connectivity index (χ0) is 13.8. The van der Waals surface area contributed by atoms with Crippen LogP contribution in [-0.4, -0.2) is 30.0 Å². The molecule has 0 saturated carbocycles. The van der Waals surface area contributed by atoms with Crippen molar-refractivity contribution in [2.75, 3.05) is 13.2 Å². The lowest BCUT2D eigenvalue weighted by Crippen LogP contribution is -2.41. The highest BCUT2D eigenvalue weighted by Gasteiger charge is 2.18. The quantitative estimate of drug-likeness (QED) is 0.845. The Hall–Kier alpha value is -0.450. The monoisotopic (exact) mass is 317 g/mol. The number of hydrogen-bond donors (Lipinski definition) is 2. The molecular weight excluding hydrogens is 297 g/mol. The molecule has 0 aliphatic heterocycles. The van der Waals surface area contributed by atoms with Gasteiger partial charge in [-0.15, -0.1) is 0 Å². The normalized spacial score (nSPS) is 13.7. The Morgan fingerprint density at radius 3 is 2.67 bits per heavy atom. The number of halogens is 2. The second-order valence-electron chi connectivity index (χ2n) is 5.21. The van der Waals surface area contributed by atoms with Crippen LogP contribution in [0.25, 0.3) is 0 Å². The Morgan fingerprint density at radius 2 is 2.11 bits per heavy atom. The third-order valence-corrected chi connectivity index (χ3v) is 3.74. The van der Waals surface area contributed by atoms with Gasteiger partial charge in [-0.2, -0.15) is 0 Å². The highest BCUT2D eigenvalue weighted by Crippen LogP contribution is 2.20. The van der Waals surface area contributed by atoms with E-state index in [0.717, 1.165) is 15.6 Å². The number of nitrogens with one attached hydrogen (secondary N) is 1. The van der Waals surface area contributed by atoms with E-state index in [1.165, 1.54) is 13.8 Å². The number of aliphatic hydroxyl groups is 1. The Bertz CT molecular complexity index is 390. The van der Waals surface area contributed by atoms with Crippen LogP contribution in [0, 0.1) is 6.92 Å². The summed E-state index contributed by atoms with van der Waals surface area (Å²) in [6.07, 6.45) is 0.692. The lowest BCUT2D eigenvalue weighted by molar-refractivity contribution is 0.180. The van der Waals surface area contributed by atoms with Crippen LogP contribution >= 0.6 is 15.9 Å². The van der Waals surface area contributed by atoms with Crippen molar-refractivity contribution in [2.45, 2.75) is 38.9 Å². The molecule has 1 rings (SSSR count). The first kappa shape index (κ1) is 15.6. The topological polar surface area (TPSA) is 32.3 Å². The number of aliphatic hydroxyl groups excluding tert-OH is 1. The van der Waals surface area contributed by atoms with Gasteiger partial charge in [0.1, 0.15) is 5.67 Å². The van der Waals surface area contributed by atoms with E-state index in [1.54, 1.807) is 0 Å². The second-order valence-corrected chi connectivity index (χ2v) is 6.06. The van der Waals surface area contributed by atoms with Crippen molar-refractivity contribution in [1.29, 1.82) is 0 Å². The molecule has 1 atom stereocenters. The maximum absolute atomic E-state index is 13.4. The van der Waals surface area contributed by atoms with Crippen molar-refractivity contribution in [3.05, 3.63) is 33.8 Å². The Morgan fingerprint density at radius 1 is 1.44 bits per heavy atom. The number of benzene rings is 1. The molecule has 0 bridgehead atoms. The summed E-state index contributed by atoms with van der Waals surface area (Å²) in [4.78, 5) is 0. The standard InChI is InChI=1S/C14H21BrFNO/c1-10-11(5-4-6-13(10)15)7-12(8-18)17-9-14(2,3)16/h4-6,12,17-18H,7-9H2,1-3H3/t12-/m0/s1. The van der Waals surface area contributed by atoms with Gasteiger partial charge in [-0.05, 0) is 44.4 Å². The van der Waals surface area contributed by atoms with Crippen LogP contribution in [0.5, 0.6) is 0 Å². The highest BCUT2D eigenvalue weighted by molar-refractivity contribution is 9.10. The average Bonchev–Trinajstić information content (AvgIpc) is 2.28. The summed E-state index contributed by atoms with van der Waals surface area (Å²) in [6, 6.07) is 5.88. The molecule has 0 unspecified atom stereocenters. The largest absolute Gasteiger partial charge is 0.395 e. The molecule has 102 valence electrons. The fraction of sp³-hybridized carbons (Fsp3) is 0.571. The minimum atomic E-state index is -1.26. The summed E-state index contributed by atoms with van der Waals surface area (Å²) >= 11 is 3.49. The van der Waals surface area contributed by atoms with Gasteiger partial charge in [-0.3, -0.25) is 0 Å². The number of alkyl halides is 1. The zero-order valence-electron chi connectivity index (χ0n) is 11.1. The van der Waals surface area contributed by atoms with Gasteiger partial charge in [-0.1, -0.05) is 28.1 Å². The third kappa shape index (κ3) is 5.04. The smallest absolute Gasteiger partial charge is 0.117 e. The first-order valence-electron chi connectivity index (χ1n) is 6.10. The summed E-state index contributed by atoms with van der Waals surface area (Å²) in [5, 5.41) is 12.4. The maximum Gasteiger partial charge on any atom is 0.117 e. The average molecular weight is 318 g/mol. The van der Waals surface area contributed by atoms with Crippen LogP contribution in [0.15, 0.2) is 22.7 Å². The number of rotatable bonds is 6. The molecule has 1 aromatic rings. The molecule has 0 fully saturated rings. The van der Waals surface area contributed by atoms with E-state index in [2.05, 4.69) is 21.2 Å².